The second-order valence-corrected chi connectivity index (χ2v) is 9.55. The lowest BCUT2D eigenvalue weighted by Crippen LogP contribution is -2.48. The number of sulfonamides is 1. The second kappa shape index (κ2) is 9.86. The van der Waals surface area contributed by atoms with Gasteiger partial charge in [0.05, 0.1) is 15.8 Å². The van der Waals surface area contributed by atoms with Crippen molar-refractivity contribution in [2.45, 2.75) is 30.3 Å². The summed E-state index contributed by atoms with van der Waals surface area (Å²) in [5.41, 5.74) is 1.63. The molecule has 0 aliphatic heterocycles. The summed E-state index contributed by atoms with van der Waals surface area (Å²) in [5.74, 6) is -0.645. The summed E-state index contributed by atoms with van der Waals surface area (Å²) in [7, 11) is -3.79. The fourth-order valence-corrected chi connectivity index (χ4v) is 4.18. The van der Waals surface area contributed by atoms with Crippen molar-refractivity contribution in [3.8, 4) is 0 Å². The Labute approximate surface area is 185 Å². The van der Waals surface area contributed by atoms with Crippen molar-refractivity contribution in [2.75, 3.05) is 0 Å². The fourth-order valence-electron chi connectivity index (χ4n) is 3.04. The summed E-state index contributed by atoms with van der Waals surface area (Å²) >= 11 is 1.30. The predicted molar refractivity (Wildman–Crippen MR) is 120 cm³/mol. The molecule has 0 fully saturated rings. The van der Waals surface area contributed by atoms with Crippen molar-refractivity contribution in [2.24, 2.45) is 5.14 Å². The molecular formula is C22H23N3O4S2. The number of hydrogen-bond acceptors (Lipinski definition) is 5. The molecule has 2 amide bonds. The number of carbonyl (C=O) groups excluding carboxylic acids is 2. The molecule has 3 aromatic rings. The molecule has 1 aromatic heterocycles. The van der Waals surface area contributed by atoms with Gasteiger partial charge in [-0.15, -0.1) is 11.3 Å². The second-order valence-electron chi connectivity index (χ2n) is 7.04. The van der Waals surface area contributed by atoms with E-state index in [1.807, 2.05) is 30.3 Å². The van der Waals surface area contributed by atoms with E-state index in [1.54, 1.807) is 36.6 Å². The minimum atomic E-state index is -3.79. The molecular weight excluding hydrogens is 434 g/mol. The monoisotopic (exact) mass is 457 g/mol. The average Bonchev–Trinajstić information content (AvgIpc) is 3.28. The van der Waals surface area contributed by atoms with E-state index in [1.165, 1.54) is 23.5 Å². The van der Waals surface area contributed by atoms with E-state index in [0.717, 1.165) is 5.56 Å². The standard InChI is InChI=1S/C22H23N3O4S2/c1-15(17-9-11-18(12-10-17)31(23,28)29)24-21(26)19(14-16-6-3-2-4-7-16)25-22(27)20-8-5-13-30-20/h2-13,15,19H,14H2,1H3,(H,24,26)(H,25,27)(H2,23,28,29)/t15-,19-/m0/s1. The van der Waals surface area contributed by atoms with E-state index >= 15 is 0 Å². The van der Waals surface area contributed by atoms with Gasteiger partial charge in [0.25, 0.3) is 5.91 Å². The lowest BCUT2D eigenvalue weighted by atomic mass is 10.0. The van der Waals surface area contributed by atoms with Gasteiger partial charge in [-0.2, -0.15) is 0 Å². The largest absolute Gasteiger partial charge is 0.348 e. The van der Waals surface area contributed by atoms with Crippen molar-refractivity contribution in [1.29, 1.82) is 0 Å². The number of rotatable bonds is 8. The van der Waals surface area contributed by atoms with E-state index in [2.05, 4.69) is 10.6 Å². The number of carbonyl (C=O) groups is 2. The highest BCUT2D eigenvalue weighted by atomic mass is 32.2. The van der Waals surface area contributed by atoms with E-state index in [0.29, 0.717) is 16.9 Å². The lowest BCUT2D eigenvalue weighted by Gasteiger charge is -2.22. The van der Waals surface area contributed by atoms with Crippen molar-refractivity contribution in [3.63, 3.8) is 0 Å². The van der Waals surface area contributed by atoms with Gasteiger partial charge in [-0.25, -0.2) is 13.6 Å². The molecule has 9 heteroatoms. The molecule has 1 heterocycles. The highest BCUT2D eigenvalue weighted by Crippen LogP contribution is 2.16. The van der Waals surface area contributed by atoms with Crippen LogP contribution >= 0.6 is 11.3 Å². The number of benzene rings is 2. The highest BCUT2D eigenvalue weighted by molar-refractivity contribution is 7.89. The Bertz CT molecular complexity index is 1130. The van der Waals surface area contributed by atoms with Gasteiger partial charge < -0.3 is 10.6 Å². The quantitative estimate of drug-likeness (QED) is 0.482. The molecule has 2 atom stereocenters. The van der Waals surface area contributed by atoms with Gasteiger partial charge in [0.2, 0.25) is 15.9 Å². The van der Waals surface area contributed by atoms with Crippen LogP contribution in [0.4, 0.5) is 0 Å². The van der Waals surface area contributed by atoms with Crippen LogP contribution in [0.25, 0.3) is 0 Å². The van der Waals surface area contributed by atoms with Crippen LogP contribution in [0.3, 0.4) is 0 Å². The summed E-state index contributed by atoms with van der Waals surface area (Å²) in [6.07, 6.45) is 0.334. The third kappa shape index (κ3) is 6.24. The summed E-state index contributed by atoms with van der Waals surface area (Å²) in [6, 6.07) is 17.7. The summed E-state index contributed by atoms with van der Waals surface area (Å²) in [4.78, 5) is 26.1. The maximum absolute atomic E-state index is 13.0. The maximum Gasteiger partial charge on any atom is 0.262 e. The third-order valence-electron chi connectivity index (χ3n) is 4.72. The van der Waals surface area contributed by atoms with Gasteiger partial charge in [0.15, 0.2) is 0 Å². The first kappa shape index (κ1) is 22.7. The molecule has 4 N–H and O–H groups in total. The molecule has 0 radical (unpaired) electrons. The number of hydrogen-bond donors (Lipinski definition) is 3. The van der Waals surface area contributed by atoms with Crippen LogP contribution in [0.2, 0.25) is 0 Å². The molecule has 0 saturated carbocycles. The number of nitrogens with two attached hydrogens (primary N) is 1. The number of thiophene rings is 1. The molecule has 0 aliphatic rings. The van der Waals surface area contributed by atoms with Crippen molar-refractivity contribution in [1.82, 2.24) is 10.6 Å². The van der Waals surface area contributed by atoms with Crippen molar-refractivity contribution >= 4 is 33.2 Å². The first-order valence-corrected chi connectivity index (χ1v) is 12.0. The molecule has 0 saturated heterocycles. The molecule has 0 aliphatic carbocycles. The van der Waals surface area contributed by atoms with Crippen LogP contribution in [-0.4, -0.2) is 26.3 Å². The Hall–Kier alpha value is -3.01. The smallest absolute Gasteiger partial charge is 0.262 e. The van der Waals surface area contributed by atoms with E-state index < -0.39 is 22.1 Å². The van der Waals surface area contributed by atoms with E-state index in [9.17, 15) is 18.0 Å². The number of primary sulfonamides is 1. The zero-order chi connectivity index (χ0) is 22.4. The number of nitrogens with one attached hydrogen (secondary N) is 2. The van der Waals surface area contributed by atoms with Crippen LogP contribution in [0, 0.1) is 0 Å². The molecule has 0 bridgehead atoms. The fraction of sp³-hybridized carbons (Fsp3) is 0.182. The minimum Gasteiger partial charge on any atom is -0.348 e. The van der Waals surface area contributed by atoms with Crippen molar-refractivity contribution < 1.29 is 18.0 Å². The van der Waals surface area contributed by atoms with Gasteiger partial charge in [-0.05, 0) is 41.6 Å². The van der Waals surface area contributed by atoms with Crippen molar-refractivity contribution in [3.05, 3.63) is 88.1 Å². The molecule has 162 valence electrons. The first-order chi connectivity index (χ1) is 14.7. The summed E-state index contributed by atoms with van der Waals surface area (Å²) in [5, 5.41) is 12.6. The Balaban J connectivity index is 1.74. The normalized spacial score (nSPS) is 13.2. The van der Waals surface area contributed by atoms with Crippen LogP contribution in [0.5, 0.6) is 0 Å². The summed E-state index contributed by atoms with van der Waals surface area (Å²) in [6.45, 7) is 1.78. The topological polar surface area (TPSA) is 118 Å². The number of amides is 2. The molecule has 7 nitrogen and oxygen atoms in total. The Morgan fingerprint density at radius 1 is 0.968 bits per heavy atom. The zero-order valence-electron chi connectivity index (χ0n) is 16.8. The molecule has 2 aromatic carbocycles. The van der Waals surface area contributed by atoms with Crippen LogP contribution in [-0.2, 0) is 21.2 Å². The average molecular weight is 458 g/mol. The maximum atomic E-state index is 13.0. The molecule has 0 unspecified atom stereocenters. The molecule has 3 rings (SSSR count). The third-order valence-corrected chi connectivity index (χ3v) is 6.51. The van der Waals surface area contributed by atoms with Gasteiger partial charge in [0.1, 0.15) is 6.04 Å². The highest BCUT2D eigenvalue weighted by Gasteiger charge is 2.24. The van der Waals surface area contributed by atoms with Gasteiger partial charge in [0, 0.05) is 6.42 Å². The lowest BCUT2D eigenvalue weighted by molar-refractivity contribution is -0.123. The van der Waals surface area contributed by atoms with Crippen LogP contribution < -0.4 is 15.8 Å². The Kier molecular flexibility index (Phi) is 7.21. The Morgan fingerprint density at radius 3 is 2.23 bits per heavy atom. The Morgan fingerprint density at radius 2 is 1.65 bits per heavy atom. The van der Waals surface area contributed by atoms with Gasteiger partial charge in [-0.3, -0.25) is 9.59 Å². The minimum absolute atomic E-state index is 0.0000538. The van der Waals surface area contributed by atoms with Crippen LogP contribution in [0.1, 0.15) is 33.8 Å². The van der Waals surface area contributed by atoms with Gasteiger partial charge >= 0.3 is 0 Å². The molecule has 31 heavy (non-hydrogen) atoms. The predicted octanol–water partition coefficient (Wildman–Crippen LogP) is 2.61. The van der Waals surface area contributed by atoms with Gasteiger partial charge in [-0.1, -0.05) is 48.5 Å². The SMILES string of the molecule is C[C@H](NC(=O)[C@H](Cc1ccccc1)NC(=O)c1cccs1)c1ccc(S(N)(=O)=O)cc1. The van der Waals surface area contributed by atoms with E-state index in [-0.39, 0.29) is 16.7 Å². The van der Waals surface area contributed by atoms with E-state index in [4.69, 9.17) is 5.14 Å². The summed E-state index contributed by atoms with van der Waals surface area (Å²) < 4.78 is 22.8. The zero-order valence-corrected chi connectivity index (χ0v) is 18.4. The first-order valence-electron chi connectivity index (χ1n) is 9.55. The van der Waals surface area contributed by atoms with Crippen LogP contribution in [0.15, 0.2) is 77.0 Å². The molecule has 0 spiro atoms.